The summed E-state index contributed by atoms with van der Waals surface area (Å²) in [5.41, 5.74) is 1.91. The van der Waals surface area contributed by atoms with E-state index in [1.807, 2.05) is 24.3 Å². The first-order valence-electron chi connectivity index (χ1n) is 11.3. The SMILES string of the molecule is CCCCCCOc1ccc(NCC(=O)Nc2cccc(C(=O)NCCCOC)c2)cc1. The maximum absolute atomic E-state index is 12.3. The minimum absolute atomic E-state index is 0.116. The monoisotopic (exact) mass is 441 g/mol. The highest BCUT2D eigenvalue weighted by Crippen LogP contribution is 2.16. The maximum Gasteiger partial charge on any atom is 0.251 e. The molecule has 0 aromatic heterocycles. The molecule has 7 nitrogen and oxygen atoms in total. The highest BCUT2D eigenvalue weighted by atomic mass is 16.5. The van der Waals surface area contributed by atoms with Crippen molar-refractivity contribution >= 4 is 23.2 Å². The van der Waals surface area contributed by atoms with Gasteiger partial charge in [0.05, 0.1) is 13.2 Å². The van der Waals surface area contributed by atoms with Crippen LogP contribution in [0.15, 0.2) is 48.5 Å². The molecule has 2 amide bonds. The average Bonchev–Trinajstić information content (AvgIpc) is 2.81. The summed E-state index contributed by atoms with van der Waals surface area (Å²) in [6.07, 6.45) is 5.44. The number of hydrogen-bond acceptors (Lipinski definition) is 5. The predicted molar refractivity (Wildman–Crippen MR) is 128 cm³/mol. The van der Waals surface area contributed by atoms with Crippen molar-refractivity contribution in [2.45, 2.75) is 39.0 Å². The molecule has 0 aliphatic heterocycles. The van der Waals surface area contributed by atoms with E-state index in [2.05, 4.69) is 22.9 Å². The average molecular weight is 442 g/mol. The number of amides is 2. The van der Waals surface area contributed by atoms with E-state index in [4.69, 9.17) is 9.47 Å². The van der Waals surface area contributed by atoms with Gasteiger partial charge in [0, 0.05) is 37.2 Å². The van der Waals surface area contributed by atoms with Crippen LogP contribution in [-0.2, 0) is 9.53 Å². The zero-order valence-corrected chi connectivity index (χ0v) is 19.1. The molecule has 0 saturated carbocycles. The number of carbonyl (C=O) groups excluding carboxylic acids is 2. The minimum Gasteiger partial charge on any atom is -0.494 e. The van der Waals surface area contributed by atoms with Gasteiger partial charge in [0.15, 0.2) is 0 Å². The fourth-order valence-corrected chi connectivity index (χ4v) is 3.03. The van der Waals surface area contributed by atoms with E-state index >= 15 is 0 Å². The molecule has 0 spiro atoms. The summed E-state index contributed by atoms with van der Waals surface area (Å²) in [6, 6.07) is 14.5. The molecule has 3 N–H and O–H groups in total. The summed E-state index contributed by atoms with van der Waals surface area (Å²) < 4.78 is 10.7. The third-order valence-electron chi connectivity index (χ3n) is 4.79. The summed E-state index contributed by atoms with van der Waals surface area (Å²) in [4.78, 5) is 24.5. The second-order valence-corrected chi connectivity index (χ2v) is 7.52. The molecule has 174 valence electrons. The molecule has 2 aromatic rings. The van der Waals surface area contributed by atoms with Gasteiger partial charge in [0.25, 0.3) is 5.91 Å². The van der Waals surface area contributed by atoms with Gasteiger partial charge in [0.1, 0.15) is 5.75 Å². The van der Waals surface area contributed by atoms with Crippen molar-refractivity contribution in [3.05, 3.63) is 54.1 Å². The van der Waals surface area contributed by atoms with Crippen molar-refractivity contribution < 1.29 is 19.1 Å². The Balaban J connectivity index is 1.74. The van der Waals surface area contributed by atoms with Crippen molar-refractivity contribution in [1.29, 1.82) is 0 Å². The number of ether oxygens (including phenoxy) is 2. The highest BCUT2D eigenvalue weighted by molar-refractivity contribution is 5.98. The quantitative estimate of drug-likeness (QED) is 0.355. The largest absolute Gasteiger partial charge is 0.494 e. The van der Waals surface area contributed by atoms with Gasteiger partial charge in [-0.25, -0.2) is 0 Å². The summed E-state index contributed by atoms with van der Waals surface area (Å²) >= 11 is 0. The minimum atomic E-state index is -0.195. The first kappa shape index (κ1) is 25.2. The zero-order valence-electron chi connectivity index (χ0n) is 19.1. The number of rotatable bonds is 15. The van der Waals surface area contributed by atoms with Gasteiger partial charge in [-0.05, 0) is 55.3 Å². The standard InChI is InChI=1S/C25H35N3O4/c1-3-4-5-6-17-32-23-13-11-21(12-14-23)27-19-24(29)28-22-10-7-9-20(18-22)25(30)26-15-8-16-31-2/h7,9-14,18,27H,3-6,8,15-17,19H2,1-2H3,(H,26,30)(H,28,29). The van der Waals surface area contributed by atoms with Crippen molar-refractivity contribution in [3.8, 4) is 5.75 Å². The maximum atomic E-state index is 12.3. The van der Waals surface area contributed by atoms with Crippen LogP contribution in [0.2, 0.25) is 0 Å². The predicted octanol–water partition coefficient (Wildman–Crippen LogP) is 4.46. The fraction of sp³-hybridized carbons (Fsp3) is 0.440. The Labute approximate surface area is 190 Å². The van der Waals surface area contributed by atoms with E-state index in [0.717, 1.165) is 30.9 Å². The summed E-state index contributed by atoms with van der Waals surface area (Å²) in [5, 5.41) is 8.74. The van der Waals surface area contributed by atoms with Gasteiger partial charge in [-0.3, -0.25) is 9.59 Å². The van der Waals surface area contributed by atoms with E-state index in [1.165, 1.54) is 19.3 Å². The molecule has 0 saturated heterocycles. The lowest BCUT2D eigenvalue weighted by Crippen LogP contribution is -2.25. The third-order valence-corrected chi connectivity index (χ3v) is 4.79. The number of unbranched alkanes of at least 4 members (excludes halogenated alkanes) is 3. The number of benzene rings is 2. The van der Waals surface area contributed by atoms with E-state index in [9.17, 15) is 9.59 Å². The fourth-order valence-electron chi connectivity index (χ4n) is 3.03. The molecule has 0 fully saturated rings. The van der Waals surface area contributed by atoms with Gasteiger partial charge < -0.3 is 25.4 Å². The first-order chi connectivity index (χ1) is 15.6. The highest BCUT2D eigenvalue weighted by Gasteiger charge is 2.08. The number of carbonyl (C=O) groups is 2. The van der Waals surface area contributed by atoms with Crippen LogP contribution in [0.1, 0.15) is 49.4 Å². The van der Waals surface area contributed by atoms with Gasteiger partial charge in [-0.2, -0.15) is 0 Å². The van der Waals surface area contributed by atoms with Gasteiger partial charge in [-0.1, -0.05) is 32.3 Å². The molecule has 0 heterocycles. The topological polar surface area (TPSA) is 88.7 Å². The molecule has 0 unspecified atom stereocenters. The Morgan fingerprint density at radius 3 is 2.47 bits per heavy atom. The zero-order chi connectivity index (χ0) is 23.0. The van der Waals surface area contributed by atoms with E-state index in [1.54, 1.807) is 31.4 Å². The normalized spacial score (nSPS) is 10.4. The Hall–Kier alpha value is -3.06. The first-order valence-corrected chi connectivity index (χ1v) is 11.3. The Bertz CT molecular complexity index is 824. The number of hydrogen-bond donors (Lipinski definition) is 3. The van der Waals surface area contributed by atoms with Gasteiger partial charge >= 0.3 is 0 Å². The lowest BCUT2D eigenvalue weighted by Gasteiger charge is -2.10. The number of methoxy groups -OCH3 is 1. The second-order valence-electron chi connectivity index (χ2n) is 7.52. The van der Waals surface area contributed by atoms with Gasteiger partial charge in [0.2, 0.25) is 5.91 Å². The van der Waals surface area contributed by atoms with Crippen LogP contribution >= 0.6 is 0 Å². The van der Waals surface area contributed by atoms with Gasteiger partial charge in [-0.15, -0.1) is 0 Å². The third kappa shape index (κ3) is 9.83. The summed E-state index contributed by atoms with van der Waals surface area (Å²) in [6.45, 7) is 4.16. The Morgan fingerprint density at radius 2 is 1.72 bits per heavy atom. The Morgan fingerprint density at radius 1 is 0.906 bits per heavy atom. The Kier molecular flexibility index (Phi) is 11.7. The van der Waals surface area contributed by atoms with Crippen molar-refractivity contribution in [2.75, 3.05) is 44.0 Å². The second kappa shape index (κ2) is 14.9. The molecular weight excluding hydrogens is 406 g/mol. The lowest BCUT2D eigenvalue weighted by atomic mass is 10.2. The molecule has 0 aliphatic rings. The molecule has 0 bridgehead atoms. The smallest absolute Gasteiger partial charge is 0.251 e. The molecule has 0 aliphatic carbocycles. The van der Waals surface area contributed by atoms with Crippen LogP contribution in [0, 0.1) is 0 Å². The van der Waals surface area contributed by atoms with Crippen LogP contribution in [0.4, 0.5) is 11.4 Å². The van der Waals surface area contributed by atoms with Crippen LogP contribution in [-0.4, -0.2) is 45.2 Å². The lowest BCUT2D eigenvalue weighted by molar-refractivity contribution is -0.114. The van der Waals surface area contributed by atoms with Crippen LogP contribution < -0.4 is 20.7 Å². The van der Waals surface area contributed by atoms with E-state index < -0.39 is 0 Å². The van der Waals surface area contributed by atoms with Crippen molar-refractivity contribution in [2.24, 2.45) is 0 Å². The molecule has 0 radical (unpaired) electrons. The molecule has 2 aromatic carbocycles. The molecule has 2 rings (SSSR count). The molecule has 7 heteroatoms. The molecule has 32 heavy (non-hydrogen) atoms. The molecule has 0 atom stereocenters. The van der Waals surface area contributed by atoms with Crippen LogP contribution in [0.5, 0.6) is 5.75 Å². The molecular formula is C25H35N3O4. The van der Waals surface area contributed by atoms with Crippen LogP contribution in [0.25, 0.3) is 0 Å². The van der Waals surface area contributed by atoms with Crippen LogP contribution in [0.3, 0.4) is 0 Å². The number of anilines is 2. The summed E-state index contributed by atoms with van der Waals surface area (Å²) in [7, 11) is 1.63. The van der Waals surface area contributed by atoms with E-state index in [-0.39, 0.29) is 18.4 Å². The number of nitrogens with one attached hydrogen (secondary N) is 3. The van der Waals surface area contributed by atoms with Crippen molar-refractivity contribution in [1.82, 2.24) is 5.32 Å². The van der Waals surface area contributed by atoms with E-state index in [0.29, 0.717) is 24.4 Å². The van der Waals surface area contributed by atoms with Crippen molar-refractivity contribution in [3.63, 3.8) is 0 Å². The summed E-state index contributed by atoms with van der Waals surface area (Å²) in [5.74, 6) is 0.454.